The van der Waals surface area contributed by atoms with Gasteiger partial charge in [0.15, 0.2) is 5.69 Å². The van der Waals surface area contributed by atoms with Crippen molar-refractivity contribution in [3.8, 4) is 5.69 Å². The van der Waals surface area contributed by atoms with Crippen LogP contribution in [0.1, 0.15) is 32.1 Å². The van der Waals surface area contributed by atoms with Crippen LogP contribution in [0.4, 0.5) is 0 Å². The van der Waals surface area contributed by atoms with Crippen LogP contribution in [0.5, 0.6) is 0 Å². The molecule has 2 aromatic carbocycles. The van der Waals surface area contributed by atoms with E-state index in [1.165, 1.54) is 10.7 Å². The van der Waals surface area contributed by atoms with Crippen LogP contribution < -0.4 is 16.3 Å². The average Bonchev–Trinajstić information content (AvgIpc) is 2.67. The van der Waals surface area contributed by atoms with Crippen molar-refractivity contribution in [3.05, 3.63) is 92.4 Å². The summed E-state index contributed by atoms with van der Waals surface area (Å²) in [6.45, 7) is 3.48. The largest absolute Gasteiger partial charge is 0.294 e. The van der Waals surface area contributed by atoms with Gasteiger partial charge in [0, 0.05) is 22.3 Å². The quantitative estimate of drug-likeness (QED) is 0.665. The molecule has 1 aromatic heterocycles. The number of benzene rings is 2. The highest BCUT2D eigenvalue weighted by Crippen LogP contribution is 2.13. The van der Waals surface area contributed by atoms with E-state index in [4.69, 9.17) is 11.6 Å². The molecule has 0 atom stereocenters. The molecule has 0 aliphatic heterocycles. The van der Waals surface area contributed by atoms with Crippen LogP contribution in [-0.4, -0.2) is 21.6 Å². The first-order valence-electron chi connectivity index (χ1n) is 8.40. The number of aryl methyl sites for hydroxylation is 2. The van der Waals surface area contributed by atoms with Gasteiger partial charge in [0.1, 0.15) is 0 Å². The van der Waals surface area contributed by atoms with Crippen molar-refractivity contribution >= 4 is 23.4 Å². The lowest BCUT2D eigenvalue weighted by atomic mass is 10.1. The zero-order valence-corrected chi connectivity index (χ0v) is 15.9. The Morgan fingerprint density at radius 3 is 2.29 bits per heavy atom. The van der Waals surface area contributed by atoms with E-state index < -0.39 is 17.2 Å². The standard InChI is InChI=1S/C20H17ClN4O3/c1-12-5-3-4-6-16(12)19(27)22-23-20(28)18-17(26)11-13(2)25(24-18)15-9-7-14(21)8-10-15/h3-11H,1-2H3,(H,22,27)(H,23,28). The predicted octanol–water partition coefficient (Wildman–Crippen LogP) is 2.58. The third-order valence-electron chi connectivity index (χ3n) is 4.07. The summed E-state index contributed by atoms with van der Waals surface area (Å²) >= 11 is 5.89. The molecule has 8 heteroatoms. The van der Waals surface area contributed by atoms with Gasteiger partial charge in [-0.3, -0.25) is 25.2 Å². The van der Waals surface area contributed by atoms with Crippen LogP contribution in [0.2, 0.25) is 5.02 Å². The summed E-state index contributed by atoms with van der Waals surface area (Å²) in [6, 6.07) is 15.0. The van der Waals surface area contributed by atoms with Gasteiger partial charge in [0.25, 0.3) is 11.8 Å². The lowest BCUT2D eigenvalue weighted by Gasteiger charge is -2.12. The Bertz CT molecular complexity index is 1110. The highest BCUT2D eigenvalue weighted by Gasteiger charge is 2.17. The molecular formula is C20H17ClN4O3. The fraction of sp³-hybridized carbons (Fsp3) is 0.100. The maximum Gasteiger partial charge on any atom is 0.294 e. The highest BCUT2D eigenvalue weighted by molar-refractivity contribution is 6.30. The molecule has 0 bridgehead atoms. The lowest BCUT2D eigenvalue weighted by Crippen LogP contribution is -2.44. The third-order valence-corrected chi connectivity index (χ3v) is 4.32. The SMILES string of the molecule is Cc1ccccc1C(=O)NNC(=O)c1nn(-c2ccc(Cl)cc2)c(C)cc1=O. The molecule has 0 fully saturated rings. The number of carbonyl (C=O) groups excluding carboxylic acids is 2. The van der Waals surface area contributed by atoms with Crippen LogP contribution >= 0.6 is 11.6 Å². The summed E-state index contributed by atoms with van der Waals surface area (Å²) in [7, 11) is 0. The van der Waals surface area contributed by atoms with E-state index in [0.29, 0.717) is 22.0 Å². The number of carbonyl (C=O) groups is 2. The van der Waals surface area contributed by atoms with Crippen LogP contribution in [-0.2, 0) is 0 Å². The van der Waals surface area contributed by atoms with E-state index in [9.17, 15) is 14.4 Å². The Kier molecular flexibility index (Phi) is 5.56. The van der Waals surface area contributed by atoms with Gasteiger partial charge in [-0.2, -0.15) is 5.10 Å². The van der Waals surface area contributed by atoms with Crippen molar-refractivity contribution in [2.75, 3.05) is 0 Å². The van der Waals surface area contributed by atoms with E-state index in [1.54, 1.807) is 62.4 Å². The Labute approximate surface area is 165 Å². The second-order valence-corrected chi connectivity index (χ2v) is 6.55. The number of hydrazine groups is 1. The molecule has 142 valence electrons. The average molecular weight is 397 g/mol. The maximum absolute atomic E-state index is 12.4. The molecule has 28 heavy (non-hydrogen) atoms. The van der Waals surface area contributed by atoms with Crippen molar-refractivity contribution in [1.29, 1.82) is 0 Å². The molecular weight excluding hydrogens is 380 g/mol. The number of rotatable bonds is 3. The monoisotopic (exact) mass is 396 g/mol. The Hall–Kier alpha value is -3.45. The van der Waals surface area contributed by atoms with Crippen molar-refractivity contribution in [2.24, 2.45) is 0 Å². The number of halogens is 1. The molecule has 7 nitrogen and oxygen atoms in total. The molecule has 3 aromatic rings. The van der Waals surface area contributed by atoms with E-state index in [0.717, 1.165) is 5.56 Å². The van der Waals surface area contributed by atoms with Gasteiger partial charge in [0.05, 0.1) is 5.69 Å². The van der Waals surface area contributed by atoms with Crippen molar-refractivity contribution < 1.29 is 9.59 Å². The van der Waals surface area contributed by atoms with Crippen LogP contribution in [0.3, 0.4) is 0 Å². The fourth-order valence-electron chi connectivity index (χ4n) is 2.62. The number of aromatic nitrogens is 2. The molecule has 1 heterocycles. The molecule has 2 N–H and O–H groups in total. The number of nitrogens with zero attached hydrogens (tertiary/aromatic N) is 2. The fourth-order valence-corrected chi connectivity index (χ4v) is 2.74. The Morgan fingerprint density at radius 2 is 1.61 bits per heavy atom. The number of amides is 2. The van der Waals surface area contributed by atoms with Crippen molar-refractivity contribution in [1.82, 2.24) is 20.6 Å². The van der Waals surface area contributed by atoms with Crippen molar-refractivity contribution in [3.63, 3.8) is 0 Å². The molecule has 0 aliphatic rings. The molecule has 0 spiro atoms. The van der Waals surface area contributed by atoms with E-state index >= 15 is 0 Å². The molecule has 0 saturated heterocycles. The van der Waals surface area contributed by atoms with E-state index in [-0.39, 0.29) is 5.69 Å². The van der Waals surface area contributed by atoms with Gasteiger partial charge in [-0.05, 0) is 49.7 Å². The van der Waals surface area contributed by atoms with Crippen LogP contribution in [0, 0.1) is 13.8 Å². The maximum atomic E-state index is 12.4. The predicted molar refractivity (Wildman–Crippen MR) is 106 cm³/mol. The minimum Gasteiger partial charge on any atom is -0.287 e. The minimum absolute atomic E-state index is 0.342. The Balaban J connectivity index is 1.83. The normalized spacial score (nSPS) is 10.4. The Morgan fingerprint density at radius 1 is 0.964 bits per heavy atom. The first kappa shape index (κ1) is 19.3. The second kappa shape index (κ2) is 8.06. The van der Waals surface area contributed by atoms with E-state index in [1.807, 2.05) is 0 Å². The van der Waals surface area contributed by atoms with Crippen LogP contribution in [0.15, 0.2) is 59.4 Å². The van der Waals surface area contributed by atoms with Gasteiger partial charge in [-0.15, -0.1) is 0 Å². The summed E-state index contributed by atoms with van der Waals surface area (Å²) in [4.78, 5) is 36.8. The zero-order chi connectivity index (χ0) is 20.3. The molecule has 0 radical (unpaired) electrons. The van der Waals surface area contributed by atoms with Gasteiger partial charge < -0.3 is 0 Å². The van der Waals surface area contributed by atoms with Crippen LogP contribution in [0.25, 0.3) is 5.69 Å². The summed E-state index contributed by atoms with van der Waals surface area (Å²) in [5.74, 6) is -1.30. The van der Waals surface area contributed by atoms with Gasteiger partial charge in [0.2, 0.25) is 5.43 Å². The summed E-state index contributed by atoms with van der Waals surface area (Å²) in [6.07, 6.45) is 0. The summed E-state index contributed by atoms with van der Waals surface area (Å²) in [5.41, 5.74) is 6.01. The summed E-state index contributed by atoms with van der Waals surface area (Å²) < 4.78 is 1.45. The molecule has 0 saturated carbocycles. The molecule has 0 aliphatic carbocycles. The van der Waals surface area contributed by atoms with Crippen molar-refractivity contribution in [2.45, 2.75) is 13.8 Å². The molecule has 2 amide bonds. The topological polar surface area (TPSA) is 93.1 Å². The highest BCUT2D eigenvalue weighted by atomic mass is 35.5. The number of hydrogen-bond acceptors (Lipinski definition) is 4. The zero-order valence-electron chi connectivity index (χ0n) is 15.2. The van der Waals surface area contributed by atoms with E-state index in [2.05, 4.69) is 16.0 Å². The lowest BCUT2D eigenvalue weighted by molar-refractivity contribution is 0.0842. The first-order chi connectivity index (χ1) is 13.4. The first-order valence-corrected chi connectivity index (χ1v) is 8.78. The summed E-state index contributed by atoms with van der Waals surface area (Å²) in [5, 5.41) is 4.69. The van der Waals surface area contributed by atoms with Gasteiger partial charge >= 0.3 is 0 Å². The molecule has 0 unspecified atom stereocenters. The minimum atomic E-state index is -0.811. The second-order valence-electron chi connectivity index (χ2n) is 6.11. The number of nitrogens with one attached hydrogen (secondary N) is 2. The van der Waals surface area contributed by atoms with Gasteiger partial charge in [-0.25, -0.2) is 4.68 Å². The third kappa shape index (κ3) is 4.10. The molecule has 3 rings (SSSR count). The smallest absolute Gasteiger partial charge is 0.287 e. The van der Waals surface area contributed by atoms with Gasteiger partial charge in [-0.1, -0.05) is 29.8 Å². The number of hydrogen-bond donors (Lipinski definition) is 2.